The summed E-state index contributed by atoms with van der Waals surface area (Å²) in [5.41, 5.74) is 5.74. The van der Waals surface area contributed by atoms with Crippen molar-refractivity contribution in [3.8, 4) is 0 Å². The van der Waals surface area contributed by atoms with E-state index in [9.17, 15) is 19.2 Å². The third kappa shape index (κ3) is 9.22. The molecule has 2 atom stereocenters. The van der Waals surface area contributed by atoms with Crippen LogP contribution in [0.25, 0.3) is 0 Å². The van der Waals surface area contributed by atoms with Gasteiger partial charge < -0.3 is 26.0 Å². The maximum Gasteiger partial charge on any atom is 0.408 e. The lowest BCUT2D eigenvalue weighted by Crippen LogP contribution is -2.55. The minimum absolute atomic E-state index is 0.00185. The maximum absolute atomic E-state index is 13.9. The molecular formula is C26H40N4O5. The molecule has 9 heteroatoms. The van der Waals surface area contributed by atoms with E-state index in [4.69, 9.17) is 10.5 Å². The third-order valence-corrected chi connectivity index (χ3v) is 5.28. The Bertz CT molecular complexity index is 927. The lowest BCUT2D eigenvalue weighted by Gasteiger charge is -2.36. The number of nitrogens with two attached hydrogens (primary N) is 1. The molecule has 0 aliphatic heterocycles. The number of aryl methyl sites for hydroxylation is 1. The fourth-order valence-corrected chi connectivity index (χ4v) is 3.67. The minimum atomic E-state index is -1.08. The topological polar surface area (TPSA) is 131 Å². The van der Waals surface area contributed by atoms with E-state index in [0.29, 0.717) is 5.56 Å². The van der Waals surface area contributed by atoms with Gasteiger partial charge in [-0.2, -0.15) is 0 Å². The van der Waals surface area contributed by atoms with E-state index >= 15 is 0 Å². The molecule has 0 bridgehead atoms. The van der Waals surface area contributed by atoms with Gasteiger partial charge >= 0.3 is 6.09 Å². The molecule has 1 saturated carbocycles. The van der Waals surface area contributed by atoms with E-state index in [1.807, 2.05) is 52.0 Å². The number of carbonyl (C=O) groups excluding carboxylic acids is 4. The number of nitrogens with one attached hydrogen (secondary N) is 2. The Balaban J connectivity index is 2.45. The van der Waals surface area contributed by atoms with Crippen molar-refractivity contribution >= 4 is 23.8 Å². The van der Waals surface area contributed by atoms with Crippen LogP contribution >= 0.6 is 0 Å². The number of benzene rings is 1. The van der Waals surface area contributed by atoms with Gasteiger partial charge in [0.15, 0.2) is 0 Å². The molecule has 1 aromatic carbocycles. The first-order valence-electron chi connectivity index (χ1n) is 12.1. The summed E-state index contributed by atoms with van der Waals surface area (Å²) >= 11 is 0. The van der Waals surface area contributed by atoms with Crippen LogP contribution in [0.2, 0.25) is 0 Å². The van der Waals surface area contributed by atoms with Crippen molar-refractivity contribution in [3.05, 3.63) is 35.4 Å². The fraction of sp³-hybridized carbons (Fsp3) is 0.615. The lowest BCUT2D eigenvalue weighted by atomic mass is 9.99. The van der Waals surface area contributed by atoms with Gasteiger partial charge in [-0.25, -0.2) is 4.79 Å². The first-order valence-corrected chi connectivity index (χ1v) is 12.1. The van der Waals surface area contributed by atoms with Gasteiger partial charge in [0.2, 0.25) is 17.7 Å². The average molecular weight is 489 g/mol. The van der Waals surface area contributed by atoms with E-state index in [-0.39, 0.29) is 24.8 Å². The van der Waals surface area contributed by atoms with Gasteiger partial charge in [0, 0.05) is 18.0 Å². The number of ether oxygens (including phenoxy) is 1. The zero-order chi connectivity index (χ0) is 26.6. The molecule has 9 nitrogen and oxygen atoms in total. The van der Waals surface area contributed by atoms with Crippen LogP contribution in [0.3, 0.4) is 0 Å². The van der Waals surface area contributed by atoms with Crippen LogP contribution in [0.4, 0.5) is 4.79 Å². The Hall–Kier alpha value is -3.10. The summed E-state index contributed by atoms with van der Waals surface area (Å²) < 4.78 is 5.34. The van der Waals surface area contributed by atoms with Crippen molar-refractivity contribution in [2.75, 3.05) is 0 Å². The highest BCUT2D eigenvalue weighted by atomic mass is 16.6. The highest BCUT2D eigenvalue weighted by Gasteiger charge is 2.44. The second-order valence-electron chi connectivity index (χ2n) is 11.2. The van der Waals surface area contributed by atoms with Crippen LogP contribution < -0.4 is 16.4 Å². The monoisotopic (exact) mass is 488 g/mol. The largest absolute Gasteiger partial charge is 0.444 e. The van der Waals surface area contributed by atoms with E-state index in [1.165, 1.54) is 0 Å². The van der Waals surface area contributed by atoms with E-state index in [2.05, 4.69) is 10.6 Å². The van der Waals surface area contributed by atoms with Gasteiger partial charge in [-0.3, -0.25) is 14.4 Å². The summed E-state index contributed by atoms with van der Waals surface area (Å²) in [7, 11) is 0. The first kappa shape index (κ1) is 28.1. The molecule has 1 aromatic rings. The second-order valence-corrected chi connectivity index (χ2v) is 11.2. The van der Waals surface area contributed by atoms with E-state index in [0.717, 1.165) is 18.4 Å². The number of hydrogen-bond donors (Lipinski definition) is 3. The molecule has 0 heterocycles. The number of nitrogens with zero attached hydrogens (tertiary/aromatic N) is 1. The van der Waals surface area contributed by atoms with Crippen LogP contribution in [0.15, 0.2) is 24.3 Å². The van der Waals surface area contributed by atoms with Gasteiger partial charge in [0.1, 0.15) is 17.7 Å². The fourth-order valence-electron chi connectivity index (χ4n) is 3.67. The van der Waals surface area contributed by atoms with Gasteiger partial charge in [0.05, 0.1) is 0 Å². The SMILES string of the molecule is Cc1ccc(C(C(=O)NC(C)(C)C)N(C(=O)C(CCC(N)=O)NC(=O)OC(C)(C)C)C2CC2)cc1. The molecule has 1 aliphatic carbocycles. The third-order valence-electron chi connectivity index (χ3n) is 5.28. The number of rotatable bonds is 9. The molecule has 0 radical (unpaired) electrons. The molecule has 2 rings (SSSR count). The van der Waals surface area contributed by atoms with Crippen molar-refractivity contribution in [2.24, 2.45) is 5.73 Å². The molecule has 0 spiro atoms. The predicted octanol–water partition coefficient (Wildman–Crippen LogP) is 3.10. The molecule has 4 N–H and O–H groups in total. The second kappa shape index (κ2) is 11.1. The molecule has 0 aromatic heterocycles. The first-order chi connectivity index (χ1) is 16.1. The summed E-state index contributed by atoms with van der Waals surface area (Å²) in [6.07, 6.45) is 0.603. The Kier molecular flexibility index (Phi) is 8.92. The summed E-state index contributed by atoms with van der Waals surface area (Å²) in [5.74, 6) is -1.35. The van der Waals surface area contributed by atoms with Gasteiger partial charge in [-0.05, 0) is 73.3 Å². The van der Waals surface area contributed by atoms with Gasteiger partial charge in [0.25, 0.3) is 0 Å². The van der Waals surface area contributed by atoms with Crippen LogP contribution in [0.5, 0.6) is 0 Å². The van der Waals surface area contributed by atoms with Crippen molar-refractivity contribution in [1.29, 1.82) is 0 Å². The number of primary amides is 1. The predicted molar refractivity (Wildman–Crippen MR) is 133 cm³/mol. The number of hydrogen-bond acceptors (Lipinski definition) is 5. The number of carbonyl (C=O) groups is 4. The molecule has 194 valence electrons. The summed E-state index contributed by atoms with van der Waals surface area (Å²) in [5, 5.41) is 5.59. The average Bonchev–Trinajstić information content (AvgIpc) is 3.51. The van der Waals surface area contributed by atoms with Crippen molar-refractivity contribution in [2.45, 2.75) is 103 Å². The zero-order valence-electron chi connectivity index (χ0n) is 21.9. The quantitative estimate of drug-likeness (QED) is 0.492. The Morgan fingerprint density at radius 2 is 1.63 bits per heavy atom. The molecule has 1 aliphatic rings. The van der Waals surface area contributed by atoms with Gasteiger partial charge in [-0.15, -0.1) is 0 Å². The van der Waals surface area contributed by atoms with Crippen molar-refractivity contribution in [3.63, 3.8) is 0 Å². The highest BCUT2D eigenvalue weighted by molar-refractivity contribution is 5.93. The van der Waals surface area contributed by atoms with Crippen LogP contribution in [-0.4, -0.2) is 51.9 Å². The number of amides is 4. The van der Waals surface area contributed by atoms with E-state index < -0.39 is 41.1 Å². The standard InChI is InChI=1S/C26H40N4O5/c1-16-8-10-17(11-9-16)21(22(32)29-25(2,3)4)30(18-12-13-18)23(33)19(14-15-20(27)31)28-24(34)35-26(5,6)7/h8-11,18-19,21H,12-15H2,1-7H3,(H2,27,31)(H,28,34)(H,29,32). The van der Waals surface area contributed by atoms with Crippen molar-refractivity contribution < 1.29 is 23.9 Å². The van der Waals surface area contributed by atoms with E-state index in [1.54, 1.807) is 25.7 Å². The Morgan fingerprint density at radius 1 is 1.06 bits per heavy atom. The molecule has 35 heavy (non-hydrogen) atoms. The highest BCUT2D eigenvalue weighted by Crippen LogP contribution is 2.36. The Labute approximate surface area is 208 Å². The minimum Gasteiger partial charge on any atom is -0.444 e. The maximum atomic E-state index is 13.9. The molecule has 0 saturated heterocycles. The normalized spacial score (nSPS) is 15.5. The smallest absolute Gasteiger partial charge is 0.408 e. The van der Waals surface area contributed by atoms with Crippen LogP contribution in [-0.2, 0) is 19.1 Å². The summed E-state index contributed by atoms with van der Waals surface area (Å²) in [6, 6.07) is 5.34. The zero-order valence-corrected chi connectivity index (χ0v) is 21.9. The molecule has 2 unspecified atom stereocenters. The summed E-state index contributed by atoms with van der Waals surface area (Å²) in [4.78, 5) is 53.0. The van der Waals surface area contributed by atoms with Crippen molar-refractivity contribution in [1.82, 2.24) is 15.5 Å². The lowest BCUT2D eigenvalue weighted by molar-refractivity contribution is -0.144. The number of alkyl carbamates (subject to hydrolysis) is 1. The molecule has 4 amide bonds. The summed E-state index contributed by atoms with van der Waals surface area (Å²) in [6.45, 7) is 12.7. The van der Waals surface area contributed by atoms with Gasteiger partial charge in [-0.1, -0.05) is 29.8 Å². The van der Waals surface area contributed by atoms with Crippen LogP contribution in [0.1, 0.15) is 84.4 Å². The Morgan fingerprint density at radius 3 is 2.09 bits per heavy atom. The van der Waals surface area contributed by atoms with Crippen LogP contribution in [0, 0.1) is 6.92 Å². The molecule has 1 fully saturated rings. The molecular weight excluding hydrogens is 448 g/mol.